The number of carbonyl (C=O) groups is 1. The number of hydrogen-bond donors (Lipinski definition) is 1. The van der Waals surface area contributed by atoms with Gasteiger partial charge < -0.3 is 19.2 Å². The number of aromatic nitrogens is 1. The van der Waals surface area contributed by atoms with Gasteiger partial charge in [0.1, 0.15) is 11.1 Å². The number of methoxy groups -OCH3 is 2. The lowest BCUT2D eigenvalue weighted by molar-refractivity contribution is -0.150. The quantitative estimate of drug-likeness (QED) is 0.301. The minimum Gasteiger partial charge on any atom is -0.493 e. The van der Waals surface area contributed by atoms with Gasteiger partial charge in [-0.15, -0.1) is 0 Å². The van der Waals surface area contributed by atoms with Crippen molar-refractivity contribution in [2.24, 2.45) is 5.92 Å². The monoisotopic (exact) mass is 531 g/mol. The molecule has 192 valence electrons. The van der Waals surface area contributed by atoms with Gasteiger partial charge in [0.05, 0.1) is 25.2 Å². The van der Waals surface area contributed by atoms with Crippen LogP contribution in [0.4, 0.5) is 0 Å². The Balaban J connectivity index is 1.93. The summed E-state index contributed by atoms with van der Waals surface area (Å²) in [7, 11) is 3.07. The predicted octanol–water partition coefficient (Wildman–Crippen LogP) is 6.53. The fraction of sp³-hybridized carbons (Fsp3) is 0.357. The number of benzene rings is 2. The highest BCUT2D eigenvalue weighted by Gasteiger charge is 2.26. The van der Waals surface area contributed by atoms with Crippen molar-refractivity contribution in [1.82, 2.24) is 4.98 Å². The molecule has 0 aliphatic heterocycles. The maximum absolute atomic E-state index is 13.3. The number of H-pyrrole nitrogens is 1. The fourth-order valence-electron chi connectivity index (χ4n) is 3.97. The summed E-state index contributed by atoms with van der Waals surface area (Å²) in [4.78, 5) is 27.9. The lowest BCUT2D eigenvalue weighted by Crippen LogP contribution is -2.20. The normalized spacial score (nSPS) is 12.8. The number of rotatable bonds is 10. The van der Waals surface area contributed by atoms with Crippen molar-refractivity contribution in [3.8, 4) is 11.5 Å². The van der Waals surface area contributed by atoms with Crippen LogP contribution in [0.15, 0.2) is 53.5 Å². The second-order valence-corrected chi connectivity index (χ2v) is 9.85. The lowest BCUT2D eigenvalue weighted by Gasteiger charge is -2.23. The highest BCUT2D eigenvalue weighted by atomic mass is 35.5. The summed E-state index contributed by atoms with van der Waals surface area (Å²) in [5, 5.41) is 0.229. The molecule has 1 unspecified atom stereocenters. The van der Waals surface area contributed by atoms with Gasteiger partial charge in [0.15, 0.2) is 11.5 Å². The van der Waals surface area contributed by atoms with E-state index in [2.05, 4.69) is 18.8 Å². The van der Waals surface area contributed by atoms with Crippen LogP contribution in [-0.2, 0) is 22.4 Å². The van der Waals surface area contributed by atoms with E-state index >= 15 is 0 Å². The third-order valence-electron chi connectivity index (χ3n) is 5.99. The summed E-state index contributed by atoms with van der Waals surface area (Å²) in [5.74, 6) is 0.639. The smallest absolute Gasteiger partial charge is 0.313 e. The molecule has 36 heavy (non-hydrogen) atoms. The van der Waals surface area contributed by atoms with E-state index in [1.165, 1.54) is 18.9 Å². The number of esters is 1. The van der Waals surface area contributed by atoms with E-state index in [9.17, 15) is 9.59 Å². The molecule has 0 radical (unpaired) electrons. The molecule has 6 nitrogen and oxygen atoms in total. The average Bonchev–Trinajstić information content (AvgIpc) is 2.87. The first kappa shape index (κ1) is 27.6. The van der Waals surface area contributed by atoms with Crippen molar-refractivity contribution in [1.29, 1.82) is 0 Å². The summed E-state index contributed by atoms with van der Waals surface area (Å²) in [5.41, 5.74) is 2.64. The van der Waals surface area contributed by atoms with Crippen molar-refractivity contribution < 1.29 is 19.0 Å². The molecule has 0 saturated heterocycles. The minimum atomic E-state index is -0.781. The zero-order valence-electron chi connectivity index (χ0n) is 21.1. The Morgan fingerprint density at radius 1 is 0.917 bits per heavy atom. The summed E-state index contributed by atoms with van der Waals surface area (Å²) < 4.78 is 16.8. The molecule has 0 aliphatic carbocycles. The van der Waals surface area contributed by atoms with E-state index in [-0.39, 0.29) is 16.5 Å². The molecular weight excluding hydrogens is 501 g/mol. The Hall–Kier alpha value is -2.96. The summed E-state index contributed by atoms with van der Waals surface area (Å²) in [6.07, 6.45) is 1.66. The average molecular weight is 532 g/mol. The molecule has 0 aliphatic rings. The summed E-state index contributed by atoms with van der Waals surface area (Å²) >= 11 is 12.6. The molecule has 0 bridgehead atoms. The van der Waals surface area contributed by atoms with Crippen molar-refractivity contribution >= 4 is 29.2 Å². The van der Waals surface area contributed by atoms with Gasteiger partial charge in [0, 0.05) is 18.2 Å². The zero-order valence-corrected chi connectivity index (χ0v) is 22.6. The Kier molecular flexibility index (Phi) is 9.46. The number of halogens is 2. The van der Waals surface area contributed by atoms with Crippen LogP contribution in [0.3, 0.4) is 0 Å². The maximum atomic E-state index is 13.3. The van der Waals surface area contributed by atoms with E-state index in [0.717, 1.165) is 12.0 Å². The van der Waals surface area contributed by atoms with E-state index in [4.69, 9.17) is 37.4 Å². The Labute approximate surface area is 221 Å². The van der Waals surface area contributed by atoms with Crippen molar-refractivity contribution in [2.45, 2.75) is 45.6 Å². The van der Waals surface area contributed by atoms with Gasteiger partial charge in [-0.25, -0.2) is 0 Å². The van der Waals surface area contributed by atoms with Gasteiger partial charge >= 0.3 is 5.97 Å². The first-order valence-electron chi connectivity index (χ1n) is 11.7. The van der Waals surface area contributed by atoms with Gasteiger partial charge in [-0.05, 0) is 48.1 Å². The second-order valence-electron chi connectivity index (χ2n) is 9.06. The van der Waals surface area contributed by atoms with Crippen LogP contribution >= 0.6 is 23.2 Å². The second kappa shape index (κ2) is 12.3. The first-order chi connectivity index (χ1) is 17.1. The van der Waals surface area contributed by atoms with Crippen LogP contribution in [0, 0.1) is 5.92 Å². The molecule has 3 aromatic rings. The van der Waals surface area contributed by atoms with Crippen molar-refractivity contribution in [3.05, 3.63) is 91.3 Å². The molecule has 2 aromatic carbocycles. The van der Waals surface area contributed by atoms with E-state index in [1.54, 1.807) is 32.2 Å². The minimum absolute atomic E-state index is 0.0437. The fourth-order valence-corrected chi connectivity index (χ4v) is 4.47. The maximum Gasteiger partial charge on any atom is 0.313 e. The van der Waals surface area contributed by atoms with Gasteiger partial charge in [-0.2, -0.15) is 0 Å². The van der Waals surface area contributed by atoms with Gasteiger partial charge in [-0.1, -0.05) is 67.4 Å². The van der Waals surface area contributed by atoms with E-state index in [0.29, 0.717) is 28.5 Å². The molecular formula is C28H31Cl2NO5. The van der Waals surface area contributed by atoms with E-state index < -0.39 is 23.6 Å². The molecule has 0 saturated carbocycles. The van der Waals surface area contributed by atoms with Crippen LogP contribution in [0.25, 0.3) is 0 Å². The molecule has 1 aromatic heterocycles. The van der Waals surface area contributed by atoms with Crippen LogP contribution < -0.4 is 15.0 Å². The number of pyridine rings is 1. The largest absolute Gasteiger partial charge is 0.493 e. The molecule has 0 fully saturated rings. The van der Waals surface area contributed by atoms with Crippen molar-refractivity contribution in [3.63, 3.8) is 0 Å². The highest BCUT2D eigenvalue weighted by molar-refractivity contribution is 6.35. The number of aromatic amines is 1. The third kappa shape index (κ3) is 6.62. The van der Waals surface area contributed by atoms with Crippen LogP contribution in [0.2, 0.25) is 10.0 Å². The van der Waals surface area contributed by atoms with Gasteiger partial charge in [0.25, 0.3) is 5.56 Å². The van der Waals surface area contributed by atoms with Crippen molar-refractivity contribution in [2.75, 3.05) is 14.2 Å². The van der Waals surface area contributed by atoms with Crippen LogP contribution in [0.1, 0.15) is 55.0 Å². The van der Waals surface area contributed by atoms with Crippen LogP contribution in [0.5, 0.6) is 11.5 Å². The zero-order chi connectivity index (χ0) is 26.4. The Morgan fingerprint density at radius 2 is 1.56 bits per heavy atom. The van der Waals surface area contributed by atoms with Gasteiger partial charge in [0.2, 0.25) is 0 Å². The highest BCUT2D eigenvalue weighted by Crippen LogP contribution is 2.35. The van der Waals surface area contributed by atoms with E-state index in [1.807, 2.05) is 24.3 Å². The van der Waals surface area contributed by atoms with Crippen LogP contribution in [-0.4, -0.2) is 25.2 Å². The lowest BCUT2D eigenvalue weighted by atomic mass is 9.96. The standard InChI is InChI=1S/C28H31Cl2NO5/c1-16(2)12-18-6-8-19(9-7-18)17(3)28(33)36-24(14-21-22(29)15-31-27(32)26(21)30)20-10-11-23(34-4)25(13-20)35-5/h6-11,13,15-17,24H,12,14H2,1-5H3,(H,31,32)/t17-,24?/m0/s1. The molecule has 1 N–H and O–H groups in total. The first-order valence-corrected chi connectivity index (χ1v) is 12.5. The Bertz CT molecular complexity index is 1250. The molecule has 8 heteroatoms. The SMILES string of the molecule is COc1ccc(C(Cc2c(Cl)c[nH]c(=O)c2Cl)OC(=O)[C@@H](C)c2ccc(CC(C)C)cc2)cc1OC. The number of ether oxygens (including phenoxy) is 3. The Morgan fingerprint density at radius 3 is 2.17 bits per heavy atom. The summed E-state index contributed by atoms with van der Waals surface area (Å²) in [6.45, 7) is 6.14. The van der Waals surface area contributed by atoms with Gasteiger partial charge in [-0.3, -0.25) is 9.59 Å². The topological polar surface area (TPSA) is 77.6 Å². The summed E-state index contributed by atoms with van der Waals surface area (Å²) in [6, 6.07) is 13.2. The number of hydrogen-bond acceptors (Lipinski definition) is 5. The molecule has 2 atom stereocenters. The predicted molar refractivity (Wildman–Crippen MR) is 143 cm³/mol. The molecule has 3 rings (SSSR count). The number of carbonyl (C=O) groups excluding carboxylic acids is 1. The third-order valence-corrected chi connectivity index (χ3v) is 6.72. The molecule has 1 heterocycles. The molecule has 0 amide bonds. The molecule has 0 spiro atoms. The number of nitrogens with one attached hydrogen (secondary N) is 1.